The van der Waals surface area contributed by atoms with E-state index in [0.717, 1.165) is 19.4 Å². The van der Waals surface area contributed by atoms with Crippen molar-refractivity contribution in [3.8, 4) is 0 Å². The molecule has 6 nitrogen and oxygen atoms in total. The molecule has 2 rings (SSSR count). The summed E-state index contributed by atoms with van der Waals surface area (Å²) in [6.45, 7) is 1.89. The number of benzene rings is 1. The van der Waals surface area contributed by atoms with Gasteiger partial charge in [-0.1, -0.05) is 15.9 Å². The van der Waals surface area contributed by atoms with Crippen LogP contribution in [0.3, 0.4) is 0 Å². The lowest BCUT2D eigenvalue weighted by molar-refractivity contribution is 0.1000. The Balaban J connectivity index is 2.23. The van der Waals surface area contributed by atoms with E-state index in [1.165, 1.54) is 22.5 Å². The minimum atomic E-state index is -3.60. The van der Waals surface area contributed by atoms with E-state index in [9.17, 15) is 13.2 Å². The van der Waals surface area contributed by atoms with Crippen LogP contribution in [-0.2, 0) is 10.0 Å². The van der Waals surface area contributed by atoms with Gasteiger partial charge in [0.15, 0.2) is 0 Å². The summed E-state index contributed by atoms with van der Waals surface area (Å²) in [5.41, 5.74) is 5.43. The highest BCUT2D eigenvalue weighted by Gasteiger charge is 2.29. The van der Waals surface area contributed by atoms with Crippen LogP contribution in [0.5, 0.6) is 0 Å². The predicted octanol–water partition coefficient (Wildman–Crippen LogP) is 1.17. The Hall–Kier alpha value is -0.960. The van der Waals surface area contributed by atoms with Gasteiger partial charge in [0, 0.05) is 23.1 Å². The first-order valence-corrected chi connectivity index (χ1v) is 9.33. The van der Waals surface area contributed by atoms with E-state index in [0.29, 0.717) is 23.5 Å². The van der Waals surface area contributed by atoms with Crippen molar-refractivity contribution < 1.29 is 13.2 Å². The molecule has 122 valence electrons. The highest BCUT2D eigenvalue weighted by atomic mass is 79.9. The fourth-order valence-electron chi connectivity index (χ4n) is 2.65. The predicted molar refractivity (Wildman–Crippen MR) is 88.1 cm³/mol. The summed E-state index contributed by atoms with van der Waals surface area (Å²) in [6, 6.07) is 4.35. The third-order valence-electron chi connectivity index (χ3n) is 3.86. The van der Waals surface area contributed by atoms with E-state index in [2.05, 4.69) is 21.2 Å². The van der Waals surface area contributed by atoms with Crippen molar-refractivity contribution in [2.45, 2.75) is 17.7 Å². The molecule has 0 spiro atoms. The highest BCUT2D eigenvalue weighted by molar-refractivity contribution is 9.10. The molecule has 1 aliphatic heterocycles. The maximum Gasteiger partial charge on any atom is 0.248 e. The molecule has 1 aliphatic rings. The number of carbonyl (C=O) groups excluding carboxylic acids is 1. The van der Waals surface area contributed by atoms with Crippen LogP contribution in [0.4, 0.5) is 0 Å². The molecule has 0 radical (unpaired) electrons. The van der Waals surface area contributed by atoms with Crippen molar-refractivity contribution in [2.24, 2.45) is 11.7 Å². The summed E-state index contributed by atoms with van der Waals surface area (Å²) in [4.78, 5) is 11.4. The largest absolute Gasteiger partial charge is 0.366 e. The molecule has 1 aromatic carbocycles. The van der Waals surface area contributed by atoms with Gasteiger partial charge in [0.05, 0.1) is 4.90 Å². The maximum absolute atomic E-state index is 12.7. The van der Waals surface area contributed by atoms with Crippen molar-refractivity contribution in [3.63, 3.8) is 0 Å². The zero-order valence-corrected chi connectivity index (χ0v) is 14.8. The second kappa shape index (κ2) is 7.08. The number of halogens is 1. The molecular weight excluding hydrogens is 370 g/mol. The summed E-state index contributed by atoms with van der Waals surface area (Å²) in [6.07, 6.45) is 1.66. The molecule has 0 atom stereocenters. The molecule has 0 aliphatic carbocycles. The number of piperidine rings is 1. The molecule has 0 unspecified atom stereocenters. The number of carbonyl (C=O) groups is 1. The molecule has 1 fully saturated rings. The Kier molecular flexibility index (Phi) is 5.60. The number of rotatable bonds is 5. The molecule has 1 amide bonds. The molecule has 1 saturated heterocycles. The summed E-state index contributed by atoms with van der Waals surface area (Å²) < 4.78 is 27.4. The zero-order valence-electron chi connectivity index (χ0n) is 12.4. The monoisotopic (exact) mass is 389 g/mol. The van der Waals surface area contributed by atoms with Gasteiger partial charge in [-0.2, -0.15) is 4.31 Å². The van der Waals surface area contributed by atoms with E-state index in [1.54, 1.807) is 0 Å². The standard InChI is InChI=1S/C14H20BrN3O3S/c1-17-9-10-2-4-18(5-3-10)22(20,21)13-7-11(14(16)19)6-12(15)8-13/h6-8,10,17H,2-5,9H2,1H3,(H2,16,19). The minimum absolute atomic E-state index is 0.0998. The highest BCUT2D eigenvalue weighted by Crippen LogP contribution is 2.26. The van der Waals surface area contributed by atoms with Gasteiger partial charge in [-0.3, -0.25) is 4.79 Å². The molecule has 1 aromatic rings. The van der Waals surface area contributed by atoms with Gasteiger partial charge in [0.1, 0.15) is 0 Å². The van der Waals surface area contributed by atoms with Gasteiger partial charge in [-0.15, -0.1) is 0 Å². The van der Waals surface area contributed by atoms with Crippen molar-refractivity contribution in [3.05, 3.63) is 28.2 Å². The van der Waals surface area contributed by atoms with Crippen LogP contribution in [0.1, 0.15) is 23.2 Å². The lowest BCUT2D eigenvalue weighted by atomic mass is 9.98. The average molecular weight is 390 g/mol. The molecular formula is C14H20BrN3O3S. The second-order valence-electron chi connectivity index (χ2n) is 5.44. The molecule has 0 aromatic heterocycles. The van der Waals surface area contributed by atoms with E-state index >= 15 is 0 Å². The number of sulfonamides is 1. The van der Waals surface area contributed by atoms with E-state index < -0.39 is 15.9 Å². The van der Waals surface area contributed by atoms with Gasteiger partial charge in [0.2, 0.25) is 15.9 Å². The number of hydrogen-bond donors (Lipinski definition) is 2. The third-order valence-corrected chi connectivity index (χ3v) is 6.19. The number of nitrogens with one attached hydrogen (secondary N) is 1. The number of primary amides is 1. The zero-order chi connectivity index (χ0) is 16.3. The van der Waals surface area contributed by atoms with Crippen molar-refractivity contribution in [2.75, 3.05) is 26.7 Å². The van der Waals surface area contributed by atoms with Crippen LogP contribution in [0.2, 0.25) is 0 Å². The fraction of sp³-hybridized carbons (Fsp3) is 0.500. The Morgan fingerprint density at radius 1 is 1.36 bits per heavy atom. The Morgan fingerprint density at radius 2 is 2.00 bits per heavy atom. The van der Waals surface area contributed by atoms with Gasteiger partial charge in [-0.05, 0) is 50.6 Å². The summed E-state index contributed by atoms with van der Waals surface area (Å²) in [5.74, 6) is -0.148. The Labute approximate surface area is 139 Å². The third kappa shape index (κ3) is 3.87. The SMILES string of the molecule is CNCC1CCN(S(=O)(=O)c2cc(Br)cc(C(N)=O)c2)CC1. The topological polar surface area (TPSA) is 92.5 Å². The maximum atomic E-state index is 12.7. The quantitative estimate of drug-likeness (QED) is 0.790. The number of hydrogen-bond acceptors (Lipinski definition) is 4. The minimum Gasteiger partial charge on any atom is -0.366 e. The number of nitrogens with zero attached hydrogens (tertiary/aromatic N) is 1. The van der Waals surface area contributed by atoms with Crippen LogP contribution >= 0.6 is 15.9 Å². The molecule has 3 N–H and O–H groups in total. The van der Waals surface area contributed by atoms with Crippen LogP contribution in [0.25, 0.3) is 0 Å². The van der Waals surface area contributed by atoms with Crippen LogP contribution in [-0.4, -0.2) is 45.3 Å². The van der Waals surface area contributed by atoms with E-state index in [1.807, 2.05) is 7.05 Å². The molecule has 1 heterocycles. The summed E-state index contributed by atoms with van der Waals surface area (Å²) in [5, 5.41) is 3.12. The van der Waals surface area contributed by atoms with Crippen LogP contribution < -0.4 is 11.1 Å². The Morgan fingerprint density at radius 3 is 2.55 bits per heavy atom. The molecule has 0 bridgehead atoms. The van der Waals surface area contributed by atoms with E-state index in [4.69, 9.17) is 5.73 Å². The second-order valence-corrected chi connectivity index (χ2v) is 8.30. The average Bonchev–Trinajstić information content (AvgIpc) is 2.47. The van der Waals surface area contributed by atoms with Gasteiger partial charge in [-0.25, -0.2) is 8.42 Å². The Bertz CT molecular complexity index is 655. The lowest BCUT2D eigenvalue weighted by Gasteiger charge is -2.31. The van der Waals surface area contributed by atoms with Gasteiger partial charge < -0.3 is 11.1 Å². The first-order chi connectivity index (χ1) is 10.3. The smallest absolute Gasteiger partial charge is 0.248 e. The van der Waals surface area contributed by atoms with Crippen molar-refractivity contribution in [1.29, 1.82) is 0 Å². The molecule has 22 heavy (non-hydrogen) atoms. The van der Waals surface area contributed by atoms with Crippen molar-refractivity contribution >= 4 is 31.9 Å². The number of nitrogens with two attached hydrogens (primary N) is 1. The summed E-state index contributed by atoms with van der Waals surface area (Å²) in [7, 11) is -1.70. The first kappa shape index (κ1) is 17.4. The van der Waals surface area contributed by atoms with Crippen LogP contribution in [0, 0.1) is 5.92 Å². The van der Waals surface area contributed by atoms with E-state index in [-0.39, 0.29) is 10.5 Å². The summed E-state index contributed by atoms with van der Waals surface area (Å²) >= 11 is 3.23. The molecule has 8 heteroatoms. The normalized spacial score (nSPS) is 17.5. The first-order valence-electron chi connectivity index (χ1n) is 7.09. The fourth-order valence-corrected chi connectivity index (χ4v) is 4.83. The van der Waals surface area contributed by atoms with Crippen molar-refractivity contribution in [1.82, 2.24) is 9.62 Å². The van der Waals surface area contributed by atoms with Gasteiger partial charge >= 0.3 is 0 Å². The van der Waals surface area contributed by atoms with Gasteiger partial charge in [0.25, 0.3) is 0 Å². The van der Waals surface area contributed by atoms with Crippen LogP contribution in [0.15, 0.2) is 27.6 Å². The lowest BCUT2D eigenvalue weighted by Crippen LogP contribution is -2.40. The number of amides is 1. The molecule has 0 saturated carbocycles.